The molecular weight excluding hydrogens is 500 g/mol. The van der Waals surface area contributed by atoms with E-state index in [1.807, 2.05) is 74.5 Å². The number of benzene rings is 3. The Bertz CT molecular complexity index is 1620. The fourth-order valence-electron chi connectivity index (χ4n) is 4.43. The van der Waals surface area contributed by atoms with Gasteiger partial charge < -0.3 is 9.73 Å². The van der Waals surface area contributed by atoms with E-state index in [0.717, 1.165) is 33.2 Å². The van der Waals surface area contributed by atoms with Crippen molar-refractivity contribution in [2.45, 2.75) is 37.6 Å². The maximum absolute atomic E-state index is 13.4. The van der Waals surface area contributed by atoms with Crippen molar-refractivity contribution in [1.82, 2.24) is 4.98 Å². The first-order valence-corrected chi connectivity index (χ1v) is 13.5. The molecule has 0 spiro atoms. The second-order valence-electron chi connectivity index (χ2n) is 9.11. The van der Waals surface area contributed by atoms with Crippen LogP contribution in [0.5, 0.6) is 0 Å². The van der Waals surface area contributed by atoms with E-state index in [-0.39, 0.29) is 11.5 Å². The van der Waals surface area contributed by atoms with Crippen molar-refractivity contribution in [2.75, 3.05) is 5.32 Å². The molecule has 186 valence electrons. The van der Waals surface area contributed by atoms with Gasteiger partial charge in [0.05, 0.1) is 17.1 Å². The van der Waals surface area contributed by atoms with Crippen molar-refractivity contribution < 1.29 is 4.42 Å². The molecule has 37 heavy (non-hydrogen) atoms. The number of hydrogen-bond acceptors (Lipinski definition) is 5. The van der Waals surface area contributed by atoms with E-state index in [9.17, 15) is 4.79 Å². The fourth-order valence-corrected chi connectivity index (χ4v) is 5.57. The first kappa shape index (κ1) is 25.1. The number of hydrogen-bond donors (Lipinski definition) is 1. The molecule has 0 radical (unpaired) electrons. The summed E-state index contributed by atoms with van der Waals surface area (Å²) in [5.74, 6) is 1.38. The minimum atomic E-state index is -0.157. The normalized spacial score (nSPS) is 12.0. The zero-order valence-electron chi connectivity index (χ0n) is 20.9. The monoisotopic (exact) mass is 526 g/mol. The van der Waals surface area contributed by atoms with Crippen LogP contribution in [0.3, 0.4) is 0 Å². The molecule has 0 amide bonds. The SMILES string of the molecule is Cc1cc(C(C)Nc2ccc(Cl)nc2SCc2ccccc2)c2oc(-c3ccccc3)c(C)c(=O)c2c1. The third-order valence-electron chi connectivity index (χ3n) is 6.31. The number of halogens is 1. The smallest absolute Gasteiger partial charge is 0.196 e. The van der Waals surface area contributed by atoms with E-state index in [4.69, 9.17) is 16.0 Å². The molecule has 3 aromatic carbocycles. The summed E-state index contributed by atoms with van der Waals surface area (Å²) >= 11 is 7.89. The van der Waals surface area contributed by atoms with Gasteiger partial charge in [0.2, 0.25) is 0 Å². The molecular formula is C31H27ClN2O2S. The van der Waals surface area contributed by atoms with Crippen LogP contribution in [-0.4, -0.2) is 4.98 Å². The summed E-state index contributed by atoms with van der Waals surface area (Å²) in [6, 6.07) is 27.6. The molecule has 6 heteroatoms. The first-order valence-electron chi connectivity index (χ1n) is 12.1. The van der Waals surface area contributed by atoms with E-state index < -0.39 is 0 Å². The number of pyridine rings is 1. The van der Waals surface area contributed by atoms with E-state index in [1.54, 1.807) is 17.8 Å². The summed E-state index contributed by atoms with van der Waals surface area (Å²) < 4.78 is 6.48. The van der Waals surface area contributed by atoms with Crippen molar-refractivity contribution >= 4 is 40.0 Å². The Labute approximate surface area is 225 Å². The molecule has 1 atom stereocenters. The molecule has 5 aromatic rings. The molecule has 2 aromatic heterocycles. The van der Waals surface area contributed by atoms with Crippen molar-refractivity contribution in [2.24, 2.45) is 0 Å². The van der Waals surface area contributed by atoms with Gasteiger partial charge in [-0.05, 0) is 50.1 Å². The third kappa shape index (κ3) is 5.43. The van der Waals surface area contributed by atoms with Gasteiger partial charge >= 0.3 is 0 Å². The predicted molar refractivity (Wildman–Crippen MR) is 155 cm³/mol. The summed E-state index contributed by atoms with van der Waals surface area (Å²) in [7, 11) is 0. The average molecular weight is 527 g/mol. The Morgan fingerprint density at radius 3 is 2.41 bits per heavy atom. The molecule has 4 nitrogen and oxygen atoms in total. The van der Waals surface area contributed by atoms with Crippen LogP contribution >= 0.6 is 23.4 Å². The average Bonchev–Trinajstić information content (AvgIpc) is 2.91. The molecule has 5 rings (SSSR count). The van der Waals surface area contributed by atoms with E-state index in [2.05, 4.69) is 35.4 Å². The number of thioether (sulfide) groups is 1. The molecule has 1 unspecified atom stereocenters. The van der Waals surface area contributed by atoms with Crippen LogP contribution in [0.15, 0.2) is 99.2 Å². The Balaban J connectivity index is 1.53. The summed E-state index contributed by atoms with van der Waals surface area (Å²) in [6.07, 6.45) is 0. The highest BCUT2D eigenvalue weighted by Gasteiger charge is 2.20. The number of aromatic nitrogens is 1. The predicted octanol–water partition coefficient (Wildman–Crippen LogP) is 8.59. The van der Waals surface area contributed by atoms with E-state index in [0.29, 0.717) is 27.4 Å². The van der Waals surface area contributed by atoms with Crippen LogP contribution in [0, 0.1) is 13.8 Å². The molecule has 0 saturated carbocycles. The molecule has 0 aliphatic heterocycles. The molecule has 0 aliphatic rings. The minimum absolute atomic E-state index is 0.00971. The van der Waals surface area contributed by atoms with Crippen LogP contribution in [0.4, 0.5) is 5.69 Å². The van der Waals surface area contributed by atoms with Gasteiger partial charge in [0.15, 0.2) is 5.43 Å². The lowest BCUT2D eigenvalue weighted by atomic mass is 9.99. The summed E-state index contributed by atoms with van der Waals surface area (Å²) in [4.78, 5) is 18.0. The van der Waals surface area contributed by atoms with Crippen LogP contribution in [0.1, 0.15) is 35.2 Å². The molecule has 0 aliphatic carbocycles. The largest absolute Gasteiger partial charge is 0.455 e. The van der Waals surface area contributed by atoms with Crippen LogP contribution in [0.25, 0.3) is 22.3 Å². The number of anilines is 1. The maximum Gasteiger partial charge on any atom is 0.196 e. The Hall–Kier alpha value is -3.54. The topological polar surface area (TPSA) is 55.1 Å². The maximum atomic E-state index is 13.4. The van der Waals surface area contributed by atoms with Gasteiger partial charge in [-0.15, -0.1) is 0 Å². The van der Waals surface area contributed by atoms with Gasteiger partial charge in [-0.2, -0.15) is 0 Å². The lowest BCUT2D eigenvalue weighted by Crippen LogP contribution is -2.13. The fraction of sp³-hybridized carbons (Fsp3) is 0.161. The van der Waals surface area contributed by atoms with Crippen molar-refractivity contribution in [3.05, 3.63) is 123 Å². The number of rotatable bonds is 7. The van der Waals surface area contributed by atoms with Gasteiger partial charge in [0.1, 0.15) is 21.5 Å². The highest BCUT2D eigenvalue weighted by molar-refractivity contribution is 7.98. The lowest BCUT2D eigenvalue weighted by Gasteiger charge is -2.20. The van der Waals surface area contributed by atoms with Crippen LogP contribution < -0.4 is 10.7 Å². The minimum Gasteiger partial charge on any atom is -0.455 e. The highest BCUT2D eigenvalue weighted by atomic mass is 35.5. The Morgan fingerprint density at radius 1 is 0.973 bits per heavy atom. The highest BCUT2D eigenvalue weighted by Crippen LogP contribution is 2.35. The zero-order chi connectivity index (χ0) is 25.9. The van der Waals surface area contributed by atoms with E-state index >= 15 is 0 Å². The van der Waals surface area contributed by atoms with E-state index in [1.165, 1.54) is 5.56 Å². The number of fused-ring (bicyclic) bond motifs is 1. The second kappa shape index (κ2) is 10.8. The third-order valence-corrected chi connectivity index (χ3v) is 7.58. The van der Waals surface area contributed by atoms with Gasteiger partial charge in [0.25, 0.3) is 0 Å². The Morgan fingerprint density at radius 2 is 1.68 bits per heavy atom. The summed E-state index contributed by atoms with van der Waals surface area (Å²) in [5.41, 5.74) is 6.09. The zero-order valence-corrected chi connectivity index (χ0v) is 22.5. The summed E-state index contributed by atoms with van der Waals surface area (Å²) in [5, 5.41) is 5.46. The second-order valence-corrected chi connectivity index (χ2v) is 10.5. The van der Waals surface area contributed by atoms with Gasteiger partial charge in [-0.3, -0.25) is 4.79 Å². The van der Waals surface area contributed by atoms with Crippen molar-refractivity contribution in [3.8, 4) is 11.3 Å². The van der Waals surface area contributed by atoms with Gasteiger partial charge in [0, 0.05) is 22.4 Å². The first-order chi connectivity index (χ1) is 17.9. The number of nitrogens with zero attached hydrogens (tertiary/aromatic N) is 1. The van der Waals surface area contributed by atoms with Crippen LogP contribution in [0.2, 0.25) is 5.15 Å². The molecule has 0 saturated heterocycles. The Kier molecular flexibility index (Phi) is 7.36. The van der Waals surface area contributed by atoms with Gasteiger partial charge in [-0.25, -0.2) is 4.98 Å². The van der Waals surface area contributed by atoms with Gasteiger partial charge in [-0.1, -0.05) is 90.1 Å². The summed E-state index contributed by atoms with van der Waals surface area (Å²) in [6.45, 7) is 5.89. The molecule has 1 N–H and O–H groups in total. The number of aryl methyl sites for hydroxylation is 1. The molecule has 0 bridgehead atoms. The quantitative estimate of drug-likeness (QED) is 0.170. The number of nitrogens with one attached hydrogen (secondary N) is 1. The molecule has 2 heterocycles. The lowest BCUT2D eigenvalue weighted by molar-refractivity contribution is 0.605. The molecule has 0 fully saturated rings. The van der Waals surface area contributed by atoms with Crippen molar-refractivity contribution in [1.29, 1.82) is 0 Å². The van der Waals surface area contributed by atoms with Crippen LogP contribution in [-0.2, 0) is 5.75 Å². The standard InChI is InChI=1S/C31H27ClN2O2S/c1-19-16-24(30-25(17-19)28(35)20(2)29(36-30)23-12-8-5-9-13-23)21(3)33-26-14-15-27(32)34-31(26)37-18-22-10-6-4-7-11-22/h4-17,21,33H,18H2,1-3H3. The van der Waals surface area contributed by atoms with Crippen molar-refractivity contribution in [3.63, 3.8) is 0 Å².